The highest BCUT2D eigenvalue weighted by molar-refractivity contribution is 5.84. The largest absolute Gasteiger partial charge is 0.481 e. The Balaban J connectivity index is 2.21. The number of rotatable bonds is 6. The van der Waals surface area contributed by atoms with Crippen LogP contribution < -0.4 is 5.32 Å². The third kappa shape index (κ3) is 3.98. The smallest absolute Gasteiger partial charge is 0.305 e. The van der Waals surface area contributed by atoms with E-state index < -0.39 is 23.7 Å². The van der Waals surface area contributed by atoms with E-state index in [9.17, 15) is 14.0 Å². The number of carbonyl (C=O) groups excluding carboxylic acids is 1. The van der Waals surface area contributed by atoms with Crippen molar-refractivity contribution in [3.05, 3.63) is 52.7 Å². The molecular formula is C17H19FN2O4. The molecule has 2 atom stereocenters. The fourth-order valence-electron chi connectivity index (χ4n) is 2.66. The van der Waals surface area contributed by atoms with Crippen LogP contribution in [0, 0.1) is 19.7 Å². The van der Waals surface area contributed by atoms with Gasteiger partial charge in [0, 0.05) is 5.56 Å². The minimum atomic E-state index is -1.06. The van der Waals surface area contributed by atoms with Gasteiger partial charge in [-0.3, -0.25) is 9.59 Å². The van der Waals surface area contributed by atoms with Crippen LogP contribution in [0.25, 0.3) is 0 Å². The molecule has 0 aliphatic carbocycles. The van der Waals surface area contributed by atoms with Crippen LogP contribution in [0.15, 0.2) is 28.8 Å². The number of nitrogens with zero attached hydrogens (tertiary/aromatic N) is 1. The third-order valence-corrected chi connectivity index (χ3v) is 3.88. The molecule has 0 spiro atoms. The van der Waals surface area contributed by atoms with E-state index in [1.54, 1.807) is 20.8 Å². The molecule has 6 nitrogen and oxygen atoms in total. The Morgan fingerprint density at radius 3 is 2.42 bits per heavy atom. The second-order valence-corrected chi connectivity index (χ2v) is 5.67. The number of aromatic nitrogens is 1. The number of nitrogens with one attached hydrogen (secondary N) is 1. The van der Waals surface area contributed by atoms with E-state index in [1.807, 2.05) is 0 Å². The van der Waals surface area contributed by atoms with Crippen molar-refractivity contribution >= 4 is 11.9 Å². The lowest BCUT2D eigenvalue weighted by Crippen LogP contribution is -2.33. The minimum absolute atomic E-state index is 0.300. The first-order valence-electron chi connectivity index (χ1n) is 7.50. The highest BCUT2D eigenvalue weighted by Crippen LogP contribution is 2.25. The average Bonchev–Trinajstić information content (AvgIpc) is 2.85. The van der Waals surface area contributed by atoms with Crippen molar-refractivity contribution in [3.63, 3.8) is 0 Å². The quantitative estimate of drug-likeness (QED) is 0.847. The Morgan fingerprint density at radius 1 is 1.29 bits per heavy atom. The van der Waals surface area contributed by atoms with Gasteiger partial charge in [0.1, 0.15) is 11.6 Å². The lowest BCUT2D eigenvalue weighted by atomic mass is 9.97. The molecular weight excluding hydrogens is 315 g/mol. The van der Waals surface area contributed by atoms with E-state index in [4.69, 9.17) is 9.63 Å². The van der Waals surface area contributed by atoms with Gasteiger partial charge in [0.05, 0.1) is 24.1 Å². The molecule has 0 saturated heterocycles. The van der Waals surface area contributed by atoms with E-state index in [2.05, 4.69) is 10.5 Å². The molecule has 0 fully saturated rings. The van der Waals surface area contributed by atoms with E-state index in [0.29, 0.717) is 22.6 Å². The summed E-state index contributed by atoms with van der Waals surface area (Å²) in [5, 5.41) is 15.6. The molecule has 0 radical (unpaired) electrons. The Labute approximate surface area is 138 Å². The van der Waals surface area contributed by atoms with Crippen molar-refractivity contribution in [3.8, 4) is 0 Å². The van der Waals surface area contributed by atoms with Gasteiger partial charge in [0.25, 0.3) is 0 Å². The molecule has 2 N–H and O–H groups in total. The van der Waals surface area contributed by atoms with Crippen LogP contribution >= 0.6 is 0 Å². The van der Waals surface area contributed by atoms with Gasteiger partial charge >= 0.3 is 5.97 Å². The summed E-state index contributed by atoms with van der Waals surface area (Å²) in [6.45, 7) is 5.16. The van der Waals surface area contributed by atoms with E-state index in [0.717, 1.165) is 0 Å². The van der Waals surface area contributed by atoms with Crippen LogP contribution in [0.5, 0.6) is 0 Å². The predicted octanol–water partition coefficient (Wildman–Crippen LogP) is 2.87. The molecule has 0 aliphatic rings. The number of carboxylic acids is 1. The SMILES string of the molecule is Cc1noc(C)c1[C@H](C)C(=O)N[C@@H](CC(=O)O)c1ccc(F)cc1. The van der Waals surface area contributed by atoms with Gasteiger partial charge in [-0.25, -0.2) is 4.39 Å². The molecule has 0 bridgehead atoms. The molecule has 1 aromatic heterocycles. The number of carboxylic acid groups (broad SMARTS) is 1. The van der Waals surface area contributed by atoms with Crippen molar-refractivity contribution in [2.45, 2.75) is 39.2 Å². The molecule has 128 valence electrons. The van der Waals surface area contributed by atoms with Crippen molar-refractivity contribution in [2.75, 3.05) is 0 Å². The van der Waals surface area contributed by atoms with E-state index in [1.165, 1.54) is 24.3 Å². The number of amides is 1. The van der Waals surface area contributed by atoms with Gasteiger partial charge < -0.3 is 14.9 Å². The second kappa shape index (κ2) is 7.25. The lowest BCUT2D eigenvalue weighted by molar-refractivity contribution is -0.137. The fourth-order valence-corrected chi connectivity index (χ4v) is 2.66. The molecule has 0 aliphatic heterocycles. The molecule has 1 amide bonds. The first-order chi connectivity index (χ1) is 11.3. The highest BCUT2D eigenvalue weighted by Gasteiger charge is 2.26. The maximum absolute atomic E-state index is 13.1. The summed E-state index contributed by atoms with van der Waals surface area (Å²) in [7, 11) is 0. The Morgan fingerprint density at radius 2 is 1.92 bits per heavy atom. The predicted molar refractivity (Wildman–Crippen MR) is 83.9 cm³/mol. The summed E-state index contributed by atoms with van der Waals surface area (Å²) < 4.78 is 18.1. The maximum atomic E-state index is 13.1. The highest BCUT2D eigenvalue weighted by atomic mass is 19.1. The molecule has 0 unspecified atom stereocenters. The number of aryl methyl sites for hydroxylation is 2. The third-order valence-electron chi connectivity index (χ3n) is 3.88. The van der Waals surface area contributed by atoms with Crippen LogP contribution in [0.2, 0.25) is 0 Å². The molecule has 2 aromatic rings. The number of carbonyl (C=O) groups is 2. The summed E-state index contributed by atoms with van der Waals surface area (Å²) in [4.78, 5) is 23.6. The number of halogens is 1. The van der Waals surface area contributed by atoms with Gasteiger partial charge in [0.2, 0.25) is 5.91 Å². The van der Waals surface area contributed by atoms with Crippen LogP contribution in [-0.2, 0) is 9.59 Å². The van der Waals surface area contributed by atoms with Crippen LogP contribution in [-0.4, -0.2) is 22.1 Å². The number of hydrogen-bond acceptors (Lipinski definition) is 4. The Bertz CT molecular complexity index is 720. The maximum Gasteiger partial charge on any atom is 0.305 e. The van der Waals surface area contributed by atoms with E-state index in [-0.39, 0.29) is 12.3 Å². The van der Waals surface area contributed by atoms with Crippen molar-refractivity contribution in [2.24, 2.45) is 0 Å². The summed E-state index contributed by atoms with van der Waals surface area (Å²) in [6, 6.07) is 4.63. The number of aliphatic carboxylic acids is 1. The van der Waals surface area contributed by atoms with Gasteiger partial charge in [-0.15, -0.1) is 0 Å². The normalized spacial score (nSPS) is 13.3. The number of benzene rings is 1. The summed E-state index contributed by atoms with van der Waals surface area (Å²) in [5.74, 6) is -1.84. The summed E-state index contributed by atoms with van der Waals surface area (Å²) >= 11 is 0. The monoisotopic (exact) mass is 334 g/mol. The van der Waals surface area contributed by atoms with Gasteiger partial charge in [-0.1, -0.05) is 17.3 Å². The number of hydrogen-bond donors (Lipinski definition) is 2. The Hall–Kier alpha value is -2.70. The zero-order valence-electron chi connectivity index (χ0n) is 13.7. The van der Waals surface area contributed by atoms with Crippen molar-refractivity contribution in [1.29, 1.82) is 0 Å². The zero-order valence-corrected chi connectivity index (χ0v) is 13.7. The van der Waals surface area contributed by atoms with Gasteiger partial charge in [0.15, 0.2) is 0 Å². The molecule has 0 saturated carbocycles. The van der Waals surface area contributed by atoms with Crippen LogP contribution in [0.3, 0.4) is 0 Å². The van der Waals surface area contributed by atoms with Crippen LogP contribution in [0.1, 0.15) is 47.9 Å². The molecule has 2 rings (SSSR count). The zero-order chi connectivity index (χ0) is 17.9. The van der Waals surface area contributed by atoms with Crippen molar-refractivity contribution in [1.82, 2.24) is 10.5 Å². The summed E-state index contributed by atoms with van der Waals surface area (Å²) in [5.41, 5.74) is 1.82. The van der Waals surface area contributed by atoms with E-state index >= 15 is 0 Å². The molecule has 1 heterocycles. The molecule has 7 heteroatoms. The standard InChI is InChI=1S/C17H19FN2O4/c1-9(16-10(2)20-24-11(16)3)17(23)19-14(8-15(21)22)12-4-6-13(18)7-5-12/h4-7,9,14H,8H2,1-3H3,(H,19,23)(H,21,22)/t9-,14-/m0/s1. The van der Waals surface area contributed by atoms with Crippen molar-refractivity contribution < 1.29 is 23.6 Å². The molecule has 1 aromatic carbocycles. The topological polar surface area (TPSA) is 92.4 Å². The molecule has 24 heavy (non-hydrogen) atoms. The first-order valence-corrected chi connectivity index (χ1v) is 7.50. The lowest BCUT2D eigenvalue weighted by Gasteiger charge is -2.20. The average molecular weight is 334 g/mol. The minimum Gasteiger partial charge on any atom is -0.481 e. The Kier molecular flexibility index (Phi) is 5.33. The summed E-state index contributed by atoms with van der Waals surface area (Å²) in [6.07, 6.45) is -0.300. The fraction of sp³-hybridized carbons (Fsp3) is 0.353. The second-order valence-electron chi connectivity index (χ2n) is 5.67. The van der Waals surface area contributed by atoms with Crippen LogP contribution in [0.4, 0.5) is 4.39 Å². The van der Waals surface area contributed by atoms with Gasteiger partial charge in [-0.2, -0.15) is 0 Å². The van der Waals surface area contributed by atoms with Gasteiger partial charge in [-0.05, 0) is 38.5 Å². The first kappa shape index (κ1) is 17.7.